The fourth-order valence-electron chi connectivity index (χ4n) is 6.29. The molecule has 1 amide bonds. The molecule has 7 heteroatoms. The number of hydrogen-bond donors (Lipinski definition) is 2. The van der Waals surface area contributed by atoms with Crippen LogP contribution in [0.15, 0.2) is 48.6 Å². The van der Waals surface area contributed by atoms with Crippen LogP contribution in [0.4, 0.5) is 5.69 Å². The summed E-state index contributed by atoms with van der Waals surface area (Å²) < 4.78 is 9.55. The molecule has 3 aliphatic rings. The molecule has 5 atom stereocenters. The maximum absolute atomic E-state index is 13.1. The molecule has 2 aromatic carbocycles. The fraction of sp³-hybridized carbons (Fsp3) is 0.531. The van der Waals surface area contributed by atoms with Crippen LogP contribution in [0.2, 0.25) is 5.02 Å². The molecule has 0 aromatic heterocycles. The zero-order valence-corrected chi connectivity index (χ0v) is 24.9. The Kier molecular flexibility index (Phi) is 8.85. The summed E-state index contributed by atoms with van der Waals surface area (Å²) in [7, 11) is 0. The number of aliphatic hydroxyl groups excluding tert-OH is 1. The maximum atomic E-state index is 13.1. The number of allylic oxidation sites excluding steroid dienone is 1. The van der Waals surface area contributed by atoms with Crippen LogP contribution >= 0.6 is 23.5 Å². The van der Waals surface area contributed by atoms with E-state index in [1.165, 1.54) is 23.1 Å². The van der Waals surface area contributed by atoms with Crippen LogP contribution in [-0.2, 0) is 11.8 Å². The molecular formula is C32H41ClN2O3S. The SMILES string of the molecule is CCCc1cc(Cl)ccc1C1(C)COc2ccc3cc2N(CC2CC[C@H]2C(O)/C=C/CC(C)CSNC3=O)C1. The van der Waals surface area contributed by atoms with Gasteiger partial charge in [-0.05, 0) is 96.8 Å². The number of nitrogens with zero attached hydrogens (tertiary/aromatic N) is 1. The summed E-state index contributed by atoms with van der Waals surface area (Å²) in [5.41, 5.74) is 3.86. The van der Waals surface area contributed by atoms with Gasteiger partial charge in [-0.15, -0.1) is 0 Å². The molecule has 2 heterocycles. The summed E-state index contributed by atoms with van der Waals surface area (Å²) in [6, 6.07) is 12.1. The van der Waals surface area contributed by atoms with Crippen molar-refractivity contribution in [1.29, 1.82) is 0 Å². The van der Waals surface area contributed by atoms with Crippen LogP contribution in [0.1, 0.15) is 67.9 Å². The van der Waals surface area contributed by atoms with E-state index >= 15 is 0 Å². The van der Waals surface area contributed by atoms with Gasteiger partial charge in [0.05, 0.1) is 18.4 Å². The first-order valence-electron chi connectivity index (χ1n) is 14.3. The lowest BCUT2D eigenvalue weighted by Gasteiger charge is -2.44. The molecule has 0 spiro atoms. The number of aliphatic hydroxyl groups is 1. The van der Waals surface area contributed by atoms with Crippen LogP contribution in [-0.4, -0.2) is 42.6 Å². The normalized spacial score (nSPS) is 30.3. The van der Waals surface area contributed by atoms with Gasteiger partial charge < -0.3 is 14.7 Å². The largest absolute Gasteiger partial charge is 0.490 e. The Morgan fingerprint density at radius 1 is 1.23 bits per heavy atom. The second-order valence-electron chi connectivity index (χ2n) is 12.0. The van der Waals surface area contributed by atoms with Crippen molar-refractivity contribution < 1.29 is 14.6 Å². The Bertz CT molecular complexity index is 1220. The third-order valence-electron chi connectivity index (χ3n) is 8.66. The van der Waals surface area contributed by atoms with E-state index in [9.17, 15) is 9.90 Å². The summed E-state index contributed by atoms with van der Waals surface area (Å²) in [5, 5.41) is 11.8. The summed E-state index contributed by atoms with van der Waals surface area (Å²) in [6.07, 6.45) is 8.70. The first-order chi connectivity index (χ1) is 18.8. The predicted octanol–water partition coefficient (Wildman–Crippen LogP) is 6.81. The summed E-state index contributed by atoms with van der Waals surface area (Å²) in [6.45, 7) is 8.75. The Hall–Kier alpha value is -2.15. The third-order valence-corrected chi connectivity index (χ3v) is 9.96. The van der Waals surface area contributed by atoms with E-state index in [2.05, 4.69) is 48.6 Å². The number of halogens is 1. The highest BCUT2D eigenvalue weighted by Gasteiger charge is 2.41. The van der Waals surface area contributed by atoms with Gasteiger partial charge in [-0.25, -0.2) is 0 Å². The number of rotatable bonds is 3. The van der Waals surface area contributed by atoms with Gasteiger partial charge in [-0.1, -0.05) is 57.0 Å². The van der Waals surface area contributed by atoms with Crippen LogP contribution in [0, 0.1) is 17.8 Å². The number of anilines is 1. The standard InChI is InChI=1S/C32H41ClN2O3S/c1-4-6-22-15-25(33)11-13-27(22)32(3)19-35-17-24-9-12-26(24)29(36)8-5-7-21(2)18-39-34-31(37)23-10-14-30(38-20-32)28(35)16-23/h5,8,10-11,13-16,21,24,26,29,36H,4,6-7,9,12,17-20H2,1-3H3,(H,34,37)/b8-5+/t21?,24?,26-,29?,32?/m1/s1. The molecule has 5 nitrogen and oxygen atoms in total. The second kappa shape index (κ2) is 12.2. The highest BCUT2D eigenvalue weighted by molar-refractivity contribution is 7.97. The van der Waals surface area contributed by atoms with Crippen molar-refractivity contribution in [2.45, 2.75) is 64.4 Å². The Morgan fingerprint density at radius 2 is 2.08 bits per heavy atom. The van der Waals surface area contributed by atoms with Gasteiger partial charge in [0.1, 0.15) is 5.75 Å². The molecule has 2 bridgehead atoms. The van der Waals surface area contributed by atoms with Crippen LogP contribution in [0.25, 0.3) is 0 Å². The van der Waals surface area contributed by atoms with Gasteiger partial charge in [0.15, 0.2) is 0 Å². The molecule has 1 aliphatic carbocycles. The van der Waals surface area contributed by atoms with E-state index in [1.807, 2.05) is 30.3 Å². The minimum absolute atomic E-state index is 0.0792. The maximum Gasteiger partial charge on any atom is 0.261 e. The fourth-order valence-corrected chi connectivity index (χ4v) is 7.24. The number of fused-ring (bicyclic) bond motifs is 2. The van der Waals surface area contributed by atoms with Crippen molar-refractivity contribution in [3.05, 3.63) is 70.3 Å². The molecule has 5 rings (SSSR count). The first-order valence-corrected chi connectivity index (χ1v) is 15.7. The molecule has 39 heavy (non-hydrogen) atoms. The zero-order chi connectivity index (χ0) is 27.6. The van der Waals surface area contributed by atoms with E-state index in [0.29, 0.717) is 24.0 Å². The Labute approximate surface area is 242 Å². The van der Waals surface area contributed by atoms with E-state index in [0.717, 1.165) is 67.4 Å². The summed E-state index contributed by atoms with van der Waals surface area (Å²) in [5.74, 6) is 2.57. The smallest absolute Gasteiger partial charge is 0.261 e. The minimum atomic E-state index is -0.427. The van der Waals surface area contributed by atoms with Crippen molar-refractivity contribution in [2.75, 3.05) is 30.3 Å². The van der Waals surface area contributed by atoms with Crippen molar-refractivity contribution in [3.63, 3.8) is 0 Å². The van der Waals surface area contributed by atoms with Crippen molar-refractivity contribution in [3.8, 4) is 5.75 Å². The Morgan fingerprint density at radius 3 is 2.85 bits per heavy atom. The van der Waals surface area contributed by atoms with Crippen LogP contribution in [0.5, 0.6) is 5.75 Å². The highest BCUT2D eigenvalue weighted by atomic mass is 35.5. The number of nitrogens with one attached hydrogen (secondary N) is 1. The lowest BCUT2D eigenvalue weighted by molar-refractivity contribution is 0.0458. The van der Waals surface area contributed by atoms with Gasteiger partial charge in [0.25, 0.3) is 5.91 Å². The molecule has 1 fully saturated rings. The molecule has 1 saturated carbocycles. The number of carbonyl (C=O) groups excluding carboxylic acids is 1. The summed E-state index contributed by atoms with van der Waals surface area (Å²) >= 11 is 7.87. The molecule has 2 N–H and O–H groups in total. The predicted molar refractivity (Wildman–Crippen MR) is 162 cm³/mol. The summed E-state index contributed by atoms with van der Waals surface area (Å²) in [4.78, 5) is 15.5. The quantitative estimate of drug-likeness (QED) is 0.314. The van der Waals surface area contributed by atoms with Gasteiger partial charge in [-0.2, -0.15) is 0 Å². The molecule has 0 radical (unpaired) electrons. The second-order valence-corrected chi connectivity index (χ2v) is 13.2. The number of amides is 1. The third kappa shape index (κ3) is 6.28. The number of carbonyl (C=O) groups is 1. The highest BCUT2D eigenvalue weighted by Crippen LogP contribution is 2.44. The molecule has 0 saturated heterocycles. The monoisotopic (exact) mass is 568 g/mol. The van der Waals surface area contributed by atoms with Crippen LogP contribution < -0.4 is 14.4 Å². The number of hydrogen-bond acceptors (Lipinski definition) is 5. The average molecular weight is 569 g/mol. The number of aryl methyl sites for hydroxylation is 1. The lowest BCUT2D eigenvalue weighted by atomic mass is 9.70. The van der Waals surface area contributed by atoms with E-state index in [4.69, 9.17) is 16.3 Å². The van der Waals surface area contributed by atoms with Crippen molar-refractivity contribution >= 4 is 35.1 Å². The number of ether oxygens (including phenoxy) is 1. The van der Waals surface area contributed by atoms with Crippen molar-refractivity contribution in [2.24, 2.45) is 17.8 Å². The zero-order valence-electron chi connectivity index (χ0n) is 23.3. The molecule has 2 aromatic rings. The topological polar surface area (TPSA) is 61.8 Å². The first kappa shape index (κ1) is 28.4. The molecule has 2 aliphatic heterocycles. The molecular weight excluding hydrogens is 528 g/mol. The van der Waals surface area contributed by atoms with Gasteiger partial charge in [0.2, 0.25) is 0 Å². The lowest BCUT2D eigenvalue weighted by Crippen LogP contribution is -2.47. The molecule has 210 valence electrons. The van der Waals surface area contributed by atoms with E-state index in [1.54, 1.807) is 0 Å². The number of benzene rings is 2. The van der Waals surface area contributed by atoms with Gasteiger partial charge in [-0.3, -0.25) is 9.52 Å². The van der Waals surface area contributed by atoms with Crippen molar-refractivity contribution in [1.82, 2.24) is 4.72 Å². The minimum Gasteiger partial charge on any atom is -0.490 e. The van der Waals surface area contributed by atoms with E-state index in [-0.39, 0.29) is 17.2 Å². The Balaban J connectivity index is 1.53. The van der Waals surface area contributed by atoms with Gasteiger partial charge >= 0.3 is 0 Å². The van der Waals surface area contributed by atoms with Gasteiger partial charge in [0, 0.05) is 34.8 Å². The van der Waals surface area contributed by atoms with Crippen LogP contribution in [0.3, 0.4) is 0 Å². The average Bonchev–Trinajstić information content (AvgIpc) is 3.02. The molecule has 4 unspecified atom stereocenters. The van der Waals surface area contributed by atoms with E-state index < -0.39 is 6.10 Å².